The highest BCUT2D eigenvalue weighted by Crippen LogP contribution is 2.67. The number of aliphatic hydroxyl groups is 1. The number of hydrogen-bond acceptors (Lipinski definition) is 9. The fourth-order valence-corrected chi connectivity index (χ4v) is 6.44. The van der Waals surface area contributed by atoms with Crippen LogP contribution in [0.5, 0.6) is 11.5 Å². The van der Waals surface area contributed by atoms with Gasteiger partial charge >= 0.3 is 17.9 Å². The van der Waals surface area contributed by atoms with E-state index in [1.807, 2.05) is 12.1 Å². The molecular formula is C25H29NO9. The van der Waals surface area contributed by atoms with Crippen LogP contribution in [0.25, 0.3) is 0 Å². The van der Waals surface area contributed by atoms with Gasteiger partial charge < -0.3 is 34.9 Å². The maximum Gasteiger partial charge on any atom is 0.352 e. The third-order valence-electron chi connectivity index (χ3n) is 8.03. The Morgan fingerprint density at radius 3 is 2.80 bits per heavy atom. The highest BCUT2D eigenvalue weighted by Gasteiger charge is 2.71. The normalized spacial score (nSPS) is 31.3. The number of carbonyl (C=O) groups excluding carboxylic acids is 2. The molecule has 1 saturated carbocycles. The van der Waals surface area contributed by atoms with E-state index in [2.05, 4.69) is 0 Å². The van der Waals surface area contributed by atoms with Crippen LogP contribution in [0.1, 0.15) is 50.2 Å². The molecule has 4 aliphatic rings. The van der Waals surface area contributed by atoms with Crippen LogP contribution in [0.2, 0.25) is 0 Å². The fourth-order valence-electron chi connectivity index (χ4n) is 6.44. The third-order valence-corrected chi connectivity index (χ3v) is 8.03. The second-order valence-electron chi connectivity index (χ2n) is 9.83. The number of carboxylic acid groups (broad SMARTS) is 1. The van der Waals surface area contributed by atoms with Gasteiger partial charge in [0.05, 0.1) is 24.5 Å². The van der Waals surface area contributed by atoms with Gasteiger partial charge in [-0.1, -0.05) is 12.5 Å². The van der Waals surface area contributed by atoms with E-state index in [1.54, 1.807) is 13.2 Å². The maximum absolute atomic E-state index is 12.8. The maximum atomic E-state index is 12.8. The van der Waals surface area contributed by atoms with Crippen LogP contribution >= 0.6 is 0 Å². The molecule has 1 fully saturated rings. The van der Waals surface area contributed by atoms with Crippen LogP contribution in [0.3, 0.4) is 0 Å². The molecule has 10 heteroatoms. The Bertz CT molecular complexity index is 1130. The molecule has 6 atom stereocenters. The van der Waals surface area contributed by atoms with Crippen molar-refractivity contribution in [1.29, 1.82) is 0 Å². The standard InChI is InChI=1S/C25H29NO9/c1-12(33-18(27)11-15(26)22(28)29)23(30)34-17-7-9-25(31)14-4-3-8-24(25)19-13(10-14)5-6-16(32-2)20(19)35-21(17)24/h5-7,12,14-15,21,31H,3-4,8-11,26H2,1-2H3,(H,28,29)/t12-,14-,15-,21+,24+,25-/m0/s1. The molecule has 0 saturated heterocycles. The summed E-state index contributed by atoms with van der Waals surface area (Å²) in [7, 11) is 1.56. The molecule has 5 rings (SSSR count). The van der Waals surface area contributed by atoms with E-state index in [0.29, 0.717) is 24.3 Å². The molecule has 4 N–H and O–H groups in total. The van der Waals surface area contributed by atoms with E-state index >= 15 is 0 Å². The SMILES string of the molecule is COc1ccc2c3c1O[C@@H]1C(OC(=O)[C@H](C)OC(=O)C[C@H](N)C(=O)O)=CC[C@]4(O)[C@@H](CCC[C@@]314)C2. The molecule has 2 bridgehead atoms. The summed E-state index contributed by atoms with van der Waals surface area (Å²) in [4.78, 5) is 35.7. The van der Waals surface area contributed by atoms with E-state index in [4.69, 9.17) is 29.8 Å². The number of benzene rings is 1. The van der Waals surface area contributed by atoms with Crippen molar-refractivity contribution in [1.82, 2.24) is 0 Å². The van der Waals surface area contributed by atoms with Gasteiger partial charge in [0.1, 0.15) is 11.8 Å². The molecule has 1 spiro atoms. The second kappa shape index (κ2) is 8.23. The summed E-state index contributed by atoms with van der Waals surface area (Å²) in [5.41, 5.74) is 5.59. The van der Waals surface area contributed by atoms with Gasteiger partial charge in [-0.05, 0) is 56.2 Å². The number of carboxylic acids is 1. The number of rotatable bonds is 7. The van der Waals surface area contributed by atoms with Crippen LogP contribution in [0.15, 0.2) is 24.0 Å². The molecule has 3 aliphatic carbocycles. The van der Waals surface area contributed by atoms with Crippen molar-refractivity contribution in [3.8, 4) is 11.5 Å². The predicted octanol–water partition coefficient (Wildman–Crippen LogP) is 1.35. The lowest BCUT2D eigenvalue weighted by molar-refractivity contribution is -0.171. The Morgan fingerprint density at radius 1 is 1.31 bits per heavy atom. The quantitative estimate of drug-likeness (QED) is 0.480. The summed E-state index contributed by atoms with van der Waals surface area (Å²) < 4.78 is 22.7. The average Bonchev–Trinajstić information content (AvgIpc) is 3.15. The topological polar surface area (TPSA) is 155 Å². The zero-order chi connectivity index (χ0) is 25.1. The molecule has 1 aromatic rings. The van der Waals surface area contributed by atoms with E-state index in [-0.39, 0.29) is 11.7 Å². The zero-order valence-electron chi connectivity index (χ0n) is 19.6. The van der Waals surface area contributed by atoms with Crippen molar-refractivity contribution < 1.29 is 43.5 Å². The van der Waals surface area contributed by atoms with E-state index in [1.165, 1.54) is 6.92 Å². The summed E-state index contributed by atoms with van der Waals surface area (Å²) in [6.45, 7) is 1.34. The summed E-state index contributed by atoms with van der Waals surface area (Å²) in [5.74, 6) is -1.65. The molecular weight excluding hydrogens is 458 g/mol. The first-order chi connectivity index (χ1) is 16.6. The molecule has 0 aromatic heterocycles. The number of aliphatic carboxylic acids is 1. The summed E-state index contributed by atoms with van der Waals surface area (Å²) in [5, 5.41) is 20.9. The third kappa shape index (κ3) is 3.34. The zero-order valence-corrected chi connectivity index (χ0v) is 19.6. The predicted molar refractivity (Wildman–Crippen MR) is 120 cm³/mol. The minimum Gasteiger partial charge on any atom is -0.493 e. The summed E-state index contributed by atoms with van der Waals surface area (Å²) in [6.07, 6.45) is 2.62. The minimum atomic E-state index is -1.43. The van der Waals surface area contributed by atoms with Gasteiger partial charge in [0, 0.05) is 5.56 Å². The number of carbonyl (C=O) groups is 3. The van der Waals surface area contributed by atoms with Crippen molar-refractivity contribution in [2.45, 2.75) is 74.7 Å². The molecule has 1 aliphatic heterocycles. The number of ether oxygens (including phenoxy) is 4. The molecule has 188 valence electrons. The Morgan fingerprint density at radius 2 is 2.09 bits per heavy atom. The molecule has 0 amide bonds. The average molecular weight is 488 g/mol. The monoisotopic (exact) mass is 487 g/mol. The molecule has 35 heavy (non-hydrogen) atoms. The van der Waals surface area contributed by atoms with Crippen molar-refractivity contribution in [2.75, 3.05) is 7.11 Å². The Kier molecular flexibility index (Phi) is 5.56. The van der Waals surface area contributed by atoms with Crippen LogP contribution in [0, 0.1) is 5.92 Å². The second-order valence-corrected chi connectivity index (χ2v) is 9.83. The first kappa shape index (κ1) is 23.6. The van der Waals surface area contributed by atoms with Gasteiger partial charge in [0.25, 0.3) is 0 Å². The molecule has 0 radical (unpaired) electrons. The molecule has 1 aromatic carbocycles. The minimum absolute atomic E-state index is 0.0565. The lowest BCUT2D eigenvalue weighted by Crippen LogP contribution is -2.67. The van der Waals surface area contributed by atoms with Gasteiger partial charge in [0.15, 0.2) is 23.7 Å². The number of methoxy groups -OCH3 is 1. The van der Waals surface area contributed by atoms with Crippen LogP contribution in [-0.2, 0) is 35.7 Å². The Balaban J connectivity index is 1.42. The van der Waals surface area contributed by atoms with E-state index in [0.717, 1.165) is 30.4 Å². The van der Waals surface area contributed by atoms with Crippen molar-refractivity contribution in [2.24, 2.45) is 11.7 Å². The smallest absolute Gasteiger partial charge is 0.352 e. The van der Waals surface area contributed by atoms with Crippen molar-refractivity contribution in [3.63, 3.8) is 0 Å². The first-order valence-electron chi connectivity index (χ1n) is 11.8. The first-order valence-corrected chi connectivity index (χ1v) is 11.8. The largest absolute Gasteiger partial charge is 0.493 e. The Labute approximate surface area is 202 Å². The fraction of sp³-hybridized carbons (Fsp3) is 0.560. The number of esters is 2. The molecule has 10 nitrogen and oxygen atoms in total. The van der Waals surface area contributed by atoms with Gasteiger partial charge in [-0.25, -0.2) is 4.79 Å². The highest BCUT2D eigenvalue weighted by atomic mass is 16.6. The molecule has 1 heterocycles. The number of nitrogens with two attached hydrogens (primary N) is 1. The van der Waals surface area contributed by atoms with Gasteiger partial charge in [-0.3, -0.25) is 9.59 Å². The van der Waals surface area contributed by atoms with Crippen LogP contribution in [0.4, 0.5) is 0 Å². The molecule has 0 unspecified atom stereocenters. The van der Waals surface area contributed by atoms with Gasteiger partial charge in [-0.15, -0.1) is 0 Å². The van der Waals surface area contributed by atoms with E-state index < -0.39 is 53.6 Å². The van der Waals surface area contributed by atoms with Crippen LogP contribution < -0.4 is 15.2 Å². The lowest BCUT2D eigenvalue weighted by Gasteiger charge is -2.59. The van der Waals surface area contributed by atoms with Crippen molar-refractivity contribution >= 4 is 17.9 Å². The van der Waals surface area contributed by atoms with Crippen molar-refractivity contribution in [3.05, 3.63) is 35.1 Å². The van der Waals surface area contributed by atoms with Crippen LogP contribution in [-0.4, -0.2) is 59.1 Å². The van der Waals surface area contributed by atoms with Gasteiger partial charge in [0.2, 0.25) is 0 Å². The summed E-state index contributed by atoms with van der Waals surface area (Å²) >= 11 is 0. The Hall–Kier alpha value is -3.11. The number of hydrogen-bond donors (Lipinski definition) is 3. The lowest BCUT2D eigenvalue weighted by atomic mass is 9.47. The van der Waals surface area contributed by atoms with E-state index in [9.17, 15) is 19.5 Å². The summed E-state index contributed by atoms with van der Waals surface area (Å²) in [6, 6.07) is 2.46. The highest BCUT2D eigenvalue weighted by molar-refractivity contribution is 5.84. The van der Waals surface area contributed by atoms with Gasteiger partial charge in [-0.2, -0.15) is 0 Å².